The molecule has 29 heavy (non-hydrogen) atoms. The Morgan fingerprint density at radius 2 is 1.79 bits per heavy atom. The van der Waals surface area contributed by atoms with E-state index in [0.717, 1.165) is 33.3 Å². The van der Waals surface area contributed by atoms with Crippen molar-refractivity contribution in [3.63, 3.8) is 0 Å². The molecule has 0 aliphatic heterocycles. The molecule has 0 saturated carbocycles. The fourth-order valence-electron chi connectivity index (χ4n) is 3.38. The van der Waals surface area contributed by atoms with Crippen LogP contribution in [0.3, 0.4) is 0 Å². The summed E-state index contributed by atoms with van der Waals surface area (Å²) >= 11 is 0. The number of aromatic nitrogens is 3. The van der Waals surface area contributed by atoms with Crippen LogP contribution in [0.2, 0.25) is 0 Å². The average molecular weight is 387 g/mol. The molecule has 0 amide bonds. The van der Waals surface area contributed by atoms with E-state index < -0.39 is 0 Å². The standard InChI is InChI=1S/C24H22FN3O/c1-17-18(2)28(14-6-9-19-7-4-3-5-8-19)23-22(17)15-26-27-24(23)29-16-20-10-12-21(25)13-11-20/h3-13,15H,14,16H2,1-2H3/b9-6+. The molecule has 4 nitrogen and oxygen atoms in total. The van der Waals surface area contributed by atoms with Gasteiger partial charge in [0.25, 0.3) is 5.88 Å². The van der Waals surface area contributed by atoms with Crippen molar-refractivity contribution in [2.75, 3.05) is 0 Å². The van der Waals surface area contributed by atoms with Gasteiger partial charge in [0.05, 0.1) is 6.20 Å². The van der Waals surface area contributed by atoms with Crippen LogP contribution in [0.15, 0.2) is 66.9 Å². The highest BCUT2D eigenvalue weighted by Crippen LogP contribution is 2.30. The van der Waals surface area contributed by atoms with Crippen molar-refractivity contribution in [1.29, 1.82) is 0 Å². The molecule has 0 bridgehead atoms. The number of hydrogen-bond donors (Lipinski definition) is 0. The zero-order valence-corrected chi connectivity index (χ0v) is 16.5. The molecule has 5 heteroatoms. The lowest BCUT2D eigenvalue weighted by Gasteiger charge is -2.10. The van der Waals surface area contributed by atoms with E-state index in [1.54, 1.807) is 18.3 Å². The first kappa shape index (κ1) is 18.9. The Balaban J connectivity index is 1.64. The predicted molar refractivity (Wildman–Crippen MR) is 113 cm³/mol. The predicted octanol–water partition coefficient (Wildman–Crippen LogP) is 5.48. The maximum absolute atomic E-state index is 13.1. The second kappa shape index (κ2) is 8.27. The van der Waals surface area contributed by atoms with Crippen LogP contribution in [0.5, 0.6) is 5.88 Å². The van der Waals surface area contributed by atoms with Crippen LogP contribution in [-0.4, -0.2) is 14.8 Å². The van der Waals surface area contributed by atoms with Crippen molar-refractivity contribution < 1.29 is 9.13 Å². The van der Waals surface area contributed by atoms with Gasteiger partial charge in [-0.1, -0.05) is 54.6 Å². The quantitative estimate of drug-likeness (QED) is 0.440. The molecule has 2 heterocycles. The molecule has 0 spiro atoms. The van der Waals surface area contributed by atoms with Crippen LogP contribution >= 0.6 is 0 Å². The zero-order valence-electron chi connectivity index (χ0n) is 16.5. The summed E-state index contributed by atoms with van der Waals surface area (Å²) in [6, 6.07) is 16.5. The van der Waals surface area contributed by atoms with Gasteiger partial charge in [-0.15, -0.1) is 5.10 Å². The molecule has 0 atom stereocenters. The fraction of sp³-hybridized carbons (Fsp3) is 0.167. The van der Waals surface area contributed by atoms with Crippen LogP contribution in [0.4, 0.5) is 4.39 Å². The molecule has 4 rings (SSSR count). The van der Waals surface area contributed by atoms with Gasteiger partial charge in [0.15, 0.2) is 0 Å². The lowest BCUT2D eigenvalue weighted by molar-refractivity contribution is 0.293. The smallest absolute Gasteiger partial charge is 0.258 e. The van der Waals surface area contributed by atoms with E-state index in [-0.39, 0.29) is 5.82 Å². The van der Waals surface area contributed by atoms with E-state index in [9.17, 15) is 4.39 Å². The zero-order chi connectivity index (χ0) is 20.2. The molecule has 2 aromatic carbocycles. The first-order valence-electron chi connectivity index (χ1n) is 9.53. The Morgan fingerprint density at radius 3 is 2.55 bits per heavy atom. The van der Waals surface area contributed by atoms with Gasteiger partial charge in [0.1, 0.15) is 17.9 Å². The number of fused-ring (bicyclic) bond motifs is 1. The Bertz CT molecular complexity index is 1150. The molecule has 2 aromatic heterocycles. The third kappa shape index (κ3) is 4.04. The van der Waals surface area contributed by atoms with Gasteiger partial charge in [-0.3, -0.25) is 0 Å². The summed E-state index contributed by atoms with van der Waals surface area (Å²) in [7, 11) is 0. The number of hydrogen-bond acceptors (Lipinski definition) is 3. The van der Waals surface area contributed by atoms with E-state index in [1.807, 2.05) is 18.2 Å². The Morgan fingerprint density at radius 1 is 1.03 bits per heavy atom. The number of ether oxygens (including phenoxy) is 1. The highest BCUT2D eigenvalue weighted by Gasteiger charge is 2.16. The molecule has 0 fully saturated rings. The topological polar surface area (TPSA) is 39.9 Å². The lowest BCUT2D eigenvalue weighted by atomic mass is 10.2. The first-order valence-corrected chi connectivity index (χ1v) is 9.53. The minimum atomic E-state index is -0.263. The summed E-state index contributed by atoms with van der Waals surface area (Å²) in [5, 5.41) is 9.37. The van der Waals surface area contributed by atoms with E-state index in [0.29, 0.717) is 19.0 Å². The van der Waals surface area contributed by atoms with Gasteiger partial charge >= 0.3 is 0 Å². The van der Waals surface area contributed by atoms with Crippen molar-refractivity contribution in [1.82, 2.24) is 14.8 Å². The number of rotatable bonds is 6. The molecule has 4 aromatic rings. The van der Waals surface area contributed by atoms with Crippen molar-refractivity contribution in [2.24, 2.45) is 0 Å². The molecule has 0 aliphatic carbocycles. The van der Waals surface area contributed by atoms with Gasteiger partial charge in [-0.2, -0.15) is 5.10 Å². The number of aryl methyl sites for hydroxylation is 1. The van der Waals surface area contributed by atoms with Gasteiger partial charge in [0, 0.05) is 17.6 Å². The second-order valence-electron chi connectivity index (χ2n) is 6.96. The number of halogens is 1. The molecule has 146 valence electrons. The summed E-state index contributed by atoms with van der Waals surface area (Å²) in [5.74, 6) is 0.220. The van der Waals surface area contributed by atoms with Crippen LogP contribution in [0.1, 0.15) is 22.4 Å². The van der Waals surface area contributed by atoms with Gasteiger partial charge in [0.2, 0.25) is 0 Å². The minimum absolute atomic E-state index is 0.263. The van der Waals surface area contributed by atoms with Crippen molar-refractivity contribution >= 4 is 17.0 Å². The Labute approximate surface area is 169 Å². The molecule has 0 saturated heterocycles. The molecular weight excluding hydrogens is 365 g/mol. The Kier molecular flexibility index (Phi) is 5.38. The normalized spacial score (nSPS) is 11.4. The molecule has 0 radical (unpaired) electrons. The van der Waals surface area contributed by atoms with Crippen LogP contribution < -0.4 is 4.74 Å². The van der Waals surface area contributed by atoms with E-state index >= 15 is 0 Å². The van der Waals surface area contributed by atoms with Crippen LogP contribution in [0, 0.1) is 19.7 Å². The SMILES string of the molecule is Cc1c(C)n(C/C=C/c2ccccc2)c2c(OCc3ccc(F)cc3)nncc12. The van der Waals surface area contributed by atoms with Crippen LogP contribution in [0.25, 0.3) is 17.0 Å². The highest BCUT2D eigenvalue weighted by molar-refractivity contribution is 5.88. The number of nitrogens with zero attached hydrogens (tertiary/aromatic N) is 3. The van der Waals surface area contributed by atoms with Crippen molar-refractivity contribution in [3.05, 3.63) is 95.1 Å². The summed E-state index contributed by atoms with van der Waals surface area (Å²) in [6.45, 7) is 5.18. The van der Waals surface area contributed by atoms with Gasteiger partial charge < -0.3 is 9.30 Å². The highest BCUT2D eigenvalue weighted by atomic mass is 19.1. The van der Waals surface area contributed by atoms with Crippen LogP contribution in [-0.2, 0) is 13.2 Å². The lowest BCUT2D eigenvalue weighted by Crippen LogP contribution is -2.03. The number of allylic oxidation sites excluding steroid dienone is 1. The Hall–Kier alpha value is -3.47. The third-order valence-electron chi connectivity index (χ3n) is 5.10. The molecule has 0 unspecified atom stereocenters. The van der Waals surface area contributed by atoms with E-state index in [4.69, 9.17) is 4.74 Å². The summed E-state index contributed by atoms with van der Waals surface area (Å²) in [6.07, 6.45) is 6.01. The van der Waals surface area contributed by atoms with Crippen molar-refractivity contribution in [2.45, 2.75) is 27.0 Å². The average Bonchev–Trinajstić information content (AvgIpc) is 2.99. The fourth-order valence-corrected chi connectivity index (χ4v) is 3.38. The summed E-state index contributed by atoms with van der Waals surface area (Å²) in [5.41, 5.74) is 5.27. The largest absolute Gasteiger partial charge is 0.470 e. The van der Waals surface area contributed by atoms with Gasteiger partial charge in [-0.05, 0) is 42.7 Å². The molecule has 0 N–H and O–H groups in total. The van der Waals surface area contributed by atoms with Gasteiger partial charge in [-0.25, -0.2) is 4.39 Å². The van der Waals surface area contributed by atoms with E-state index in [2.05, 4.69) is 52.9 Å². The monoisotopic (exact) mass is 387 g/mol. The summed E-state index contributed by atoms with van der Waals surface area (Å²) in [4.78, 5) is 0. The first-order chi connectivity index (χ1) is 14.1. The maximum Gasteiger partial charge on any atom is 0.258 e. The third-order valence-corrected chi connectivity index (χ3v) is 5.10. The maximum atomic E-state index is 13.1. The minimum Gasteiger partial charge on any atom is -0.470 e. The molecule has 0 aliphatic rings. The van der Waals surface area contributed by atoms with E-state index in [1.165, 1.54) is 12.1 Å². The number of benzene rings is 2. The second-order valence-corrected chi connectivity index (χ2v) is 6.96. The van der Waals surface area contributed by atoms with Crippen molar-refractivity contribution in [3.8, 4) is 5.88 Å². The molecular formula is C24H22FN3O. The summed E-state index contributed by atoms with van der Waals surface area (Å²) < 4.78 is 21.3.